The highest BCUT2D eigenvalue weighted by Crippen LogP contribution is 2.50. The predicted molar refractivity (Wildman–Crippen MR) is 135 cm³/mol. The molecule has 38 heavy (non-hydrogen) atoms. The highest BCUT2D eigenvalue weighted by atomic mass is 35.5. The zero-order chi connectivity index (χ0) is 28.6. The second kappa shape index (κ2) is 11.1. The van der Waals surface area contributed by atoms with Crippen LogP contribution in [0.1, 0.15) is 59.2 Å². The molecule has 1 unspecified atom stereocenters. The molecule has 0 aliphatic heterocycles. The topological polar surface area (TPSA) is 46.2 Å². The molecule has 0 bridgehead atoms. The number of allylic oxidation sites excluding steroid dienone is 1. The van der Waals surface area contributed by atoms with Crippen molar-refractivity contribution < 1.29 is 35.9 Å². The molecule has 1 aliphatic rings. The molecule has 1 aliphatic carbocycles. The third-order valence-corrected chi connectivity index (χ3v) is 7.51. The number of ketones is 1. The molecule has 1 amide bonds. The average molecular weight is 601 g/mol. The molecule has 0 saturated heterocycles. The summed E-state index contributed by atoms with van der Waals surface area (Å²) in [6.07, 6.45) is -3.63. The van der Waals surface area contributed by atoms with Gasteiger partial charge >= 0.3 is 6.18 Å². The second-order valence-electron chi connectivity index (χ2n) is 9.45. The maximum absolute atomic E-state index is 15.2. The number of amides is 1. The summed E-state index contributed by atoms with van der Waals surface area (Å²) >= 11 is 17.8. The van der Waals surface area contributed by atoms with Crippen LogP contribution in [0.15, 0.2) is 36.4 Å². The summed E-state index contributed by atoms with van der Waals surface area (Å²) in [6, 6.07) is 6.15. The van der Waals surface area contributed by atoms with Crippen molar-refractivity contribution >= 4 is 52.3 Å². The number of halogens is 9. The number of Topliss-reactive ketones (excluding diaryl/α,β-unsaturated/α-hetero) is 1. The monoisotopic (exact) mass is 599 g/mol. The Labute approximate surface area is 230 Å². The first-order valence-electron chi connectivity index (χ1n) is 11.3. The molecule has 0 radical (unpaired) electrons. The van der Waals surface area contributed by atoms with E-state index >= 15 is 4.39 Å². The highest BCUT2D eigenvalue weighted by Gasteiger charge is 2.51. The van der Waals surface area contributed by atoms with E-state index in [4.69, 9.17) is 34.8 Å². The molecule has 1 N–H and O–H groups in total. The van der Waals surface area contributed by atoms with E-state index in [0.29, 0.717) is 12.5 Å². The first-order chi connectivity index (χ1) is 17.4. The smallest absolute Gasteiger partial charge is 0.346 e. The minimum atomic E-state index is -4.58. The van der Waals surface area contributed by atoms with Gasteiger partial charge in [0.05, 0.1) is 26.4 Å². The van der Waals surface area contributed by atoms with Crippen LogP contribution >= 0.6 is 34.8 Å². The maximum atomic E-state index is 15.2. The van der Waals surface area contributed by atoms with Crippen LogP contribution in [0.25, 0.3) is 5.83 Å². The number of hydrogen-bond donors (Lipinski definition) is 1. The number of carbonyl (C=O) groups excluding carboxylic acids is 2. The lowest BCUT2D eigenvalue weighted by Gasteiger charge is -2.22. The predicted octanol–water partition coefficient (Wildman–Crippen LogP) is 8.74. The Morgan fingerprint density at radius 3 is 2.11 bits per heavy atom. The Morgan fingerprint density at radius 1 is 1.05 bits per heavy atom. The van der Waals surface area contributed by atoms with Crippen molar-refractivity contribution in [1.82, 2.24) is 5.32 Å². The summed E-state index contributed by atoms with van der Waals surface area (Å²) in [5, 5.41) is 1.64. The van der Waals surface area contributed by atoms with Crippen molar-refractivity contribution in [3.63, 3.8) is 0 Å². The summed E-state index contributed by atoms with van der Waals surface area (Å²) in [5.41, 5.74) is -0.901. The summed E-state index contributed by atoms with van der Waals surface area (Å²) in [7, 11) is 0. The molecule has 0 heterocycles. The molecule has 206 valence electrons. The molecular weight excluding hydrogens is 579 g/mol. The van der Waals surface area contributed by atoms with Crippen LogP contribution < -0.4 is 5.32 Å². The number of aryl methyl sites for hydroxylation is 1. The van der Waals surface area contributed by atoms with Crippen LogP contribution in [-0.2, 0) is 4.79 Å². The number of rotatable bonds is 9. The van der Waals surface area contributed by atoms with Crippen molar-refractivity contribution in [2.75, 3.05) is 6.54 Å². The minimum Gasteiger partial charge on any atom is -0.346 e. The van der Waals surface area contributed by atoms with Gasteiger partial charge in [0.25, 0.3) is 5.92 Å². The van der Waals surface area contributed by atoms with Crippen LogP contribution in [0.4, 0.5) is 26.3 Å². The van der Waals surface area contributed by atoms with Gasteiger partial charge in [-0.1, -0.05) is 46.9 Å². The molecular formula is C26H22Cl3F6NO2. The van der Waals surface area contributed by atoms with E-state index in [1.54, 1.807) is 0 Å². The summed E-state index contributed by atoms with van der Waals surface area (Å²) in [5.74, 6) is -7.50. The van der Waals surface area contributed by atoms with E-state index in [0.717, 1.165) is 6.08 Å². The minimum absolute atomic E-state index is 0.0265. The van der Waals surface area contributed by atoms with E-state index in [1.165, 1.54) is 37.3 Å². The molecule has 1 fully saturated rings. The Kier molecular flexibility index (Phi) is 8.85. The Hall–Kier alpha value is -2.23. The lowest BCUT2D eigenvalue weighted by molar-refractivity contribution is -0.141. The molecule has 1 atom stereocenters. The zero-order valence-corrected chi connectivity index (χ0v) is 22.4. The fourth-order valence-corrected chi connectivity index (χ4v) is 4.68. The van der Waals surface area contributed by atoms with Gasteiger partial charge in [0, 0.05) is 24.5 Å². The Bertz CT molecular complexity index is 1260. The first-order valence-corrected chi connectivity index (χ1v) is 12.5. The zero-order valence-electron chi connectivity index (χ0n) is 20.1. The lowest BCUT2D eigenvalue weighted by atomic mass is 9.90. The number of benzene rings is 2. The summed E-state index contributed by atoms with van der Waals surface area (Å²) < 4.78 is 81.3. The molecule has 0 aromatic heterocycles. The second-order valence-corrected chi connectivity index (χ2v) is 10.6. The van der Waals surface area contributed by atoms with Crippen LogP contribution in [0.5, 0.6) is 0 Å². The van der Waals surface area contributed by atoms with Gasteiger partial charge in [-0.2, -0.15) is 13.2 Å². The van der Waals surface area contributed by atoms with E-state index in [2.05, 4.69) is 0 Å². The molecule has 2 aromatic carbocycles. The highest BCUT2D eigenvalue weighted by molar-refractivity contribution is 6.48. The van der Waals surface area contributed by atoms with Crippen molar-refractivity contribution in [2.24, 2.45) is 5.41 Å². The number of hydrogen-bond acceptors (Lipinski definition) is 2. The fraction of sp³-hybridized carbons (Fsp3) is 0.385. The van der Waals surface area contributed by atoms with Gasteiger partial charge in [-0.15, -0.1) is 0 Å². The van der Waals surface area contributed by atoms with Crippen LogP contribution in [0.3, 0.4) is 0 Å². The van der Waals surface area contributed by atoms with E-state index in [-0.39, 0.29) is 51.0 Å². The van der Waals surface area contributed by atoms with Crippen LogP contribution in [-0.4, -0.2) is 30.3 Å². The quantitative estimate of drug-likeness (QED) is 0.178. The Morgan fingerprint density at radius 2 is 1.63 bits per heavy atom. The van der Waals surface area contributed by atoms with Crippen molar-refractivity contribution in [2.45, 2.75) is 51.1 Å². The fourth-order valence-electron chi connectivity index (χ4n) is 4.06. The van der Waals surface area contributed by atoms with Gasteiger partial charge in [-0.3, -0.25) is 9.59 Å². The largest absolute Gasteiger partial charge is 0.405 e. The first kappa shape index (κ1) is 30.3. The van der Waals surface area contributed by atoms with E-state index in [1.807, 2.05) is 5.32 Å². The molecule has 3 rings (SSSR count). The van der Waals surface area contributed by atoms with Gasteiger partial charge in [0.2, 0.25) is 5.91 Å². The van der Waals surface area contributed by atoms with Crippen molar-refractivity contribution in [3.05, 3.63) is 73.7 Å². The molecule has 12 heteroatoms. The summed E-state index contributed by atoms with van der Waals surface area (Å²) in [6.45, 7) is 0.620. The number of nitrogens with one attached hydrogen (secondary N) is 1. The average Bonchev–Trinajstić information content (AvgIpc) is 3.58. The van der Waals surface area contributed by atoms with Gasteiger partial charge in [-0.05, 0) is 55.2 Å². The third kappa shape index (κ3) is 7.24. The molecule has 0 spiro atoms. The van der Waals surface area contributed by atoms with E-state index < -0.39 is 47.5 Å². The normalized spacial score (nSPS) is 16.2. The Balaban J connectivity index is 1.82. The van der Waals surface area contributed by atoms with Gasteiger partial charge < -0.3 is 5.32 Å². The van der Waals surface area contributed by atoms with Crippen molar-refractivity contribution in [3.8, 4) is 0 Å². The third-order valence-electron chi connectivity index (χ3n) is 6.31. The van der Waals surface area contributed by atoms with Crippen LogP contribution in [0, 0.1) is 12.3 Å². The van der Waals surface area contributed by atoms with Crippen LogP contribution in [0.2, 0.25) is 15.1 Å². The van der Waals surface area contributed by atoms with Gasteiger partial charge in [-0.25, -0.2) is 13.2 Å². The lowest BCUT2D eigenvalue weighted by Crippen LogP contribution is -2.39. The standard InChI is InChI=1S/C26H22Cl3F6NO2/c1-13-7-14(20(30)10-17(24(2,31)32)15-8-18(27)22(29)19(28)9-15)3-4-16(13)21(37)11-25(5-6-25)23(38)36-12-26(33,34)35/h3-4,7-10,17H,5-6,11-12H2,1-2H3,(H,36,38)/b20-10-. The molecule has 1 saturated carbocycles. The van der Waals surface area contributed by atoms with Gasteiger partial charge in [0.1, 0.15) is 12.4 Å². The van der Waals surface area contributed by atoms with Gasteiger partial charge in [0.15, 0.2) is 5.78 Å². The summed E-state index contributed by atoms with van der Waals surface area (Å²) in [4.78, 5) is 25.1. The molecule has 3 nitrogen and oxygen atoms in total. The maximum Gasteiger partial charge on any atom is 0.405 e. The van der Waals surface area contributed by atoms with E-state index in [9.17, 15) is 31.5 Å². The number of alkyl halides is 5. The van der Waals surface area contributed by atoms with Crippen molar-refractivity contribution in [1.29, 1.82) is 0 Å². The molecule has 2 aromatic rings. The number of carbonyl (C=O) groups is 2. The SMILES string of the molecule is Cc1cc(/C(F)=C/C(c2cc(Cl)c(Cl)c(Cl)c2)C(C)(F)F)ccc1C(=O)CC1(C(=O)NCC(F)(F)F)CC1.